The van der Waals surface area contributed by atoms with Gasteiger partial charge in [-0.25, -0.2) is 4.79 Å². The molecule has 5 heteroatoms. The molecule has 0 fully saturated rings. The summed E-state index contributed by atoms with van der Waals surface area (Å²) in [6.07, 6.45) is 0.827. The third kappa shape index (κ3) is 5.78. The molecule has 2 aromatic rings. The maximum absolute atomic E-state index is 12.0. The average molecular weight is 347 g/mol. The first-order valence-electron chi connectivity index (χ1n) is 7.98. The van der Waals surface area contributed by atoms with Crippen LogP contribution in [0.5, 0.6) is 5.75 Å². The molecule has 0 saturated heterocycles. The molecule has 0 unspecified atom stereocenters. The smallest absolute Gasteiger partial charge is 0.317 e. The average Bonchev–Trinajstić information content (AvgIpc) is 2.58. The zero-order valence-electron chi connectivity index (χ0n) is 14.1. The summed E-state index contributed by atoms with van der Waals surface area (Å²) in [7, 11) is 1.76. The molecule has 1 N–H and O–H groups in total. The Labute approximate surface area is 148 Å². The van der Waals surface area contributed by atoms with E-state index in [9.17, 15) is 4.79 Å². The summed E-state index contributed by atoms with van der Waals surface area (Å²) in [6.45, 7) is 3.64. The van der Waals surface area contributed by atoms with Crippen molar-refractivity contribution < 1.29 is 9.53 Å². The highest BCUT2D eigenvalue weighted by Gasteiger charge is 2.08. The Kier molecular flexibility index (Phi) is 6.94. The lowest BCUT2D eigenvalue weighted by Gasteiger charge is -2.18. The highest BCUT2D eigenvalue weighted by molar-refractivity contribution is 6.30. The number of rotatable bonds is 7. The van der Waals surface area contributed by atoms with Gasteiger partial charge in [0.05, 0.1) is 6.54 Å². The van der Waals surface area contributed by atoms with Crippen molar-refractivity contribution in [1.29, 1.82) is 0 Å². The molecule has 0 saturated carbocycles. The SMILES string of the molecule is Cc1ccccc1CCNC(=O)N(C)CCOc1ccc(Cl)cc1. The molecule has 4 nitrogen and oxygen atoms in total. The topological polar surface area (TPSA) is 41.6 Å². The van der Waals surface area contributed by atoms with E-state index < -0.39 is 0 Å². The molecule has 0 bridgehead atoms. The standard InChI is InChI=1S/C19H23ClN2O2/c1-15-5-3-4-6-16(15)11-12-21-19(23)22(2)13-14-24-18-9-7-17(20)8-10-18/h3-10H,11-14H2,1-2H3,(H,21,23). The van der Waals surface area contributed by atoms with E-state index >= 15 is 0 Å². The second-order valence-corrected chi connectivity index (χ2v) is 6.07. The third-order valence-electron chi connectivity index (χ3n) is 3.79. The van der Waals surface area contributed by atoms with Crippen molar-refractivity contribution in [3.63, 3.8) is 0 Å². The number of benzene rings is 2. The van der Waals surface area contributed by atoms with Crippen LogP contribution in [0.3, 0.4) is 0 Å². The molecule has 128 valence electrons. The van der Waals surface area contributed by atoms with Crippen LogP contribution in [0.2, 0.25) is 5.02 Å². The van der Waals surface area contributed by atoms with Crippen LogP contribution in [-0.2, 0) is 6.42 Å². The van der Waals surface area contributed by atoms with Crippen molar-refractivity contribution in [2.75, 3.05) is 26.7 Å². The van der Waals surface area contributed by atoms with Gasteiger partial charge in [-0.1, -0.05) is 35.9 Å². The Morgan fingerprint density at radius 2 is 1.88 bits per heavy atom. The zero-order valence-corrected chi connectivity index (χ0v) is 14.8. The van der Waals surface area contributed by atoms with E-state index in [0.717, 1.165) is 12.2 Å². The summed E-state index contributed by atoms with van der Waals surface area (Å²) >= 11 is 5.82. The first-order chi connectivity index (χ1) is 11.6. The predicted octanol–water partition coefficient (Wildman–Crippen LogP) is 3.91. The molecule has 0 aromatic heterocycles. The number of carbonyl (C=O) groups excluding carboxylic acids is 1. The summed E-state index contributed by atoms with van der Waals surface area (Å²) in [5.41, 5.74) is 2.50. The minimum absolute atomic E-state index is 0.0942. The van der Waals surface area contributed by atoms with Crippen LogP contribution < -0.4 is 10.1 Å². The molecule has 0 atom stereocenters. The minimum Gasteiger partial charge on any atom is -0.492 e. The number of aryl methyl sites for hydroxylation is 1. The van der Waals surface area contributed by atoms with Gasteiger partial charge in [-0.15, -0.1) is 0 Å². The van der Waals surface area contributed by atoms with E-state index in [4.69, 9.17) is 16.3 Å². The van der Waals surface area contributed by atoms with Crippen LogP contribution in [-0.4, -0.2) is 37.7 Å². The Hall–Kier alpha value is -2.20. The highest BCUT2D eigenvalue weighted by atomic mass is 35.5. The molecule has 0 heterocycles. The van der Waals surface area contributed by atoms with Gasteiger partial charge < -0.3 is 15.0 Å². The van der Waals surface area contributed by atoms with Crippen molar-refractivity contribution in [2.24, 2.45) is 0 Å². The van der Waals surface area contributed by atoms with Gasteiger partial charge in [0, 0.05) is 18.6 Å². The first kappa shape index (κ1) is 18.1. The number of halogens is 1. The van der Waals surface area contributed by atoms with E-state index in [0.29, 0.717) is 24.7 Å². The molecule has 0 spiro atoms. The van der Waals surface area contributed by atoms with Gasteiger partial charge in [0.1, 0.15) is 12.4 Å². The summed E-state index contributed by atoms with van der Waals surface area (Å²) in [6, 6.07) is 15.3. The third-order valence-corrected chi connectivity index (χ3v) is 4.04. The summed E-state index contributed by atoms with van der Waals surface area (Å²) in [5, 5.41) is 3.60. The van der Waals surface area contributed by atoms with Gasteiger partial charge >= 0.3 is 6.03 Å². The molecule has 24 heavy (non-hydrogen) atoms. The van der Waals surface area contributed by atoms with Gasteiger partial charge in [0.25, 0.3) is 0 Å². The van der Waals surface area contributed by atoms with Crippen LogP contribution in [0.1, 0.15) is 11.1 Å². The number of nitrogens with zero attached hydrogens (tertiary/aromatic N) is 1. The highest BCUT2D eigenvalue weighted by Crippen LogP contribution is 2.15. The first-order valence-corrected chi connectivity index (χ1v) is 8.36. The van der Waals surface area contributed by atoms with Crippen LogP contribution in [0, 0.1) is 6.92 Å². The molecule has 2 amide bonds. The van der Waals surface area contributed by atoms with Crippen molar-refractivity contribution in [2.45, 2.75) is 13.3 Å². The Morgan fingerprint density at radius 3 is 2.58 bits per heavy atom. The Bertz CT molecular complexity index is 659. The summed E-state index contributed by atoms with van der Waals surface area (Å²) < 4.78 is 5.59. The van der Waals surface area contributed by atoms with Gasteiger partial charge in [0.15, 0.2) is 0 Å². The molecular weight excluding hydrogens is 324 g/mol. The molecule has 0 aliphatic carbocycles. The number of carbonyl (C=O) groups is 1. The fraction of sp³-hybridized carbons (Fsp3) is 0.316. The van der Waals surface area contributed by atoms with Crippen LogP contribution in [0.4, 0.5) is 4.79 Å². The van der Waals surface area contributed by atoms with Crippen LogP contribution in [0.25, 0.3) is 0 Å². The monoisotopic (exact) mass is 346 g/mol. The Morgan fingerprint density at radius 1 is 1.17 bits per heavy atom. The largest absolute Gasteiger partial charge is 0.492 e. The second-order valence-electron chi connectivity index (χ2n) is 5.63. The van der Waals surface area contributed by atoms with Crippen LogP contribution >= 0.6 is 11.6 Å². The number of ether oxygens (including phenoxy) is 1. The van der Waals surface area contributed by atoms with Crippen LogP contribution in [0.15, 0.2) is 48.5 Å². The number of hydrogen-bond donors (Lipinski definition) is 1. The fourth-order valence-electron chi connectivity index (χ4n) is 2.26. The molecule has 2 aromatic carbocycles. The summed E-state index contributed by atoms with van der Waals surface area (Å²) in [4.78, 5) is 13.7. The minimum atomic E-state index is -0.0942. The number of urea groups is 1. The lowest BCUT2D eigenvalue weighted by Crippen LogP contribution is -2.40. The maximum atomic E-state index is 12.0. The molecule has 0 radical (unpaired) electrons. The van der Waals surface area contributed by atoms with E-state index in [-0.39, 0.29) is 6.03 Å². The quantitative estimate of drug-likeness (QED) is 0.825. The van der Waals surface area contributed by atoms with E-state index in [1.165, 1.54) is 11.1 Å². The van der Waals surface area contributed by atoms with E-state index in [2.05, 4.69) is 24.4 Å². The van der Waals surface area contributed by atoms with Gasteiger partial charge in [-0.05, 0) is 48.7 Å². The normalized spacial score (nSPS) is 10.3. The molecular formula is C19H23ClN2O2. The van der Waals surface area contributed by atoms with Gasteiger partial charge in [-0.3, -0.25) is 0 Å². The second kappa shape index (κ2) is 9.18. The predicted molar refractivity (Wildman–Crippen MR) is 97.9 cm³/mol. The van der Waals surface area contributed by atoms with Crippen molar-refractivity contribution in [3.05, 3.63) is 64.7 Å². The summed E-state index contributed by atoms with van der Waals surface area (Å²) in [5.74, 6) is 0.743. The molecule has 2 rings (SSSR count). The van der Waals surface area contributed by atoms with Gasteiger partial charge in [0.2, 0.25) is 0 Å². The van der Waals surface area contributed by atoms with Crippen molar-refractivity contribution >= 4 is 17.6 Å². The van der Waals surface area contributed by atoms with E-state index in [1.54, 1.807) is 24.1 Å². The maximum Gasteiger partial charge on any atom is 0.317 e. The number of nitrogens with one attached hydrogen (secondary N) is 1. The number of amides is 2. The molecule has 0 aliphatic heterocycles. The fourth-order valence-corrected chi connectivity index (χ4v) is 2.39. The van der Waals surface area contributed by atoms with Crippen molar-refractivity contribution in [3.8, 4) is 5.75 Å². The zero-order chi connectivity index (χ0) is 17.4. The number of hydrogen-bond acceptors (Lipinski definition) is 2. The van der Waals surface area contributed by atoms with Crippen molar-refractivity contribution in [1.82, 2.24) is 10.2 Å². The number of likely N-dealkylation sites (N-methyl/N-ethyl adjacent to an activating group) is 1. The lowest BCUT2D eigenvalue weighted by molar-refractivity contribution is 0.195. The van der Waals surface area contributed by atoms with Gasteiger partial charge in [-0.2, -0.15) is 0 Å². The van der Waals surface area contributed by atoms with E-state index in [1.807, 2.05) is 24.3 Å². The lowest BCUT2D eigenvalue weighted by atomic mass is 10.1. The Balaban J connectivity index is 1.66. The molecule has 0 aliphatic rings.